The van der Waals surface area contributed by atoms with Crippen LogP contribution < -0.4 is 44.2 Å². The summed E-state index contributed by atoms with van der Waals surface area (Å²) in [5.74, 6) is 0. The Morgan fingerprint density at radius 3 is 0.781 bits per heavy atom. The van der Waals surface area contributed by atoms with Crippen molar-refractivity contribution in [3.63, 3.8) is 0 Å². The van der Waals surface area contributed by atoms with Gasteiger partial charge in [-0.2, -0.15) is 0 Å². The van der Waals surface area contributed by atoms with Crippen molar-refractivity contribution in [2.45, 2.75) is 101 Å². The van der Waals surface area contributed by atoms with Crippen LogP contribution in [-0.4, -0.2) is 76.5 Å². The van der Waals surface area contributed by atoms with Gasteiger partial charge in [0.05, 0.1) is 0 Å². The summed E-state index contributed by atoms with van der Waals surface area (Å²) in [7, 11) is 0. The molecule has 8 nitrogen and oxygen atoms in total. The molecule has 1 aliphatic heterocycles. The van der Waals surface area contributed by atoms with E-state index in [-0.39, 0.29) is 0 Å². The second-order valence-corrected chi connectivity index (χ2v) is 9.56. The van der Waals surface area contributed by atoms with Gasteiger partial charge in [0.2, 0.25) is 0 Å². The van der Waals surface area contributed by atoms with Crippen molar-refractivity contribution < 1.29 is 0 Å². The molecular weight excluding hydrogens is 400 g/mol. The van der Waals surface area contributed by atoms with Gasteiger partial charge in [-0.1, -0.05) is 25.7 Å². The van der Waals surface area contributed by atoms with Gasteiger partial charge < -0.3 is 44.2 Å². The number of rotatable bonds is 16. The average Bonchev–Trinajstić information content (AvgIpc) is 2.79. The largest absolute Gasteiger partial charge is 0.330 e. The molecule has 0 saturated carbocycles. The second kappa shape index (κ2) is 21.2. The van der Waals surface area contributed by atoms with E-state index in [4.69, 9.17) is 22.9 Å². The molecule has 0 aliphatic carbocycles. The van der Waals surface area contributed by atoms with E-state index in [0.29, 0.717) is 24.2 Å². The molecule has 0 aromatic carbocycles. The van der Waals surface area contributed by atoms with E-state index in [1.54, 1.807) is 0 Å². The van der Waals surface area contributed by atoms with Crippen molar-refractivity contribution in [3.05, 3.63) is 0 Å². The zero-order valence-corrected chi connectivity index (χ0v) is 20.8. The molecule has 192 valence electrons. The maximum Gasteiger partial charge on any atom is 0.0193 e. The Balaban J connectivity index is 2.75. The molecule has 4 atom stereocenters. The Labute approximate surface area is 198 Å². The van der Waals surface area contributed by atoms with E-state index < -0.39 is 0 Å². The van der Waals surface area contributed by atoms with Crippen molar-refractivity contribution >= 4 is 0 Å². The van der Waals surface area contributed by atoms with Crippen molar-refractivity contribution in [2.24, 2.45) is 22.9 Å². The summed E-state index contributed by atoms with van der Waals surface area (Å²) in [5.41, 5.74) is 23.0. The van der Waals surface area contributed by atoms with Gasteiger partial charge in [0.15, 0.2) is 0 Å². The predicted molar refractivity (Wildman–Crippen MR) is 139 cm³/mol. The lowest BCUT2D eigenvalue weighted by atomic mass is 10.0. The van der Waals surface area contributed by atoms with Crippen LogP contribution >= 0.6 is 0 Å². The summed E-state index contributed by atoms with van der Waals surface area (Å²) in [5, 5.41) is 15.5. The van der Waals surface area contributed by atoms with E-state index in [1.165, 1.54) is 51.4 Å². The van der Waals surface area contributed by atoms with E-state index in [1.807, 2.05) is 0 Å². The second-order valence-electron chi connectivity index (χ2n) is 9.56. The highest BCUT2D eigenvalue weighted by Gasteiger charge is 2.19. The fourth-order valence-corrected chi connectivity index (χ4v) is 4.48. The molecule has 0 bridgehead atoms. The van der Waals surface area contributed by atoms with Gasteiger partial charge in [-0.15, -0.1) is 0 Å². The van der Waals surface area contributed by atoms with Crippen LogP contribution in [0.5, 0.6) is 0 Å². The zero-order chi connectivity index (χ0) is 23.3. The summed E-state index contributed by atoms with van der Waals surface area (Å²) in [6.07, 6.45) is 13.8. The maximum atomic E-state index is 5.74. The van der Waals surface area contributed by atoms with Gasteiger partial charge in [0.1, 0.15) is 0 Å². The molecule has 32 heavy (non-hydrogen) atoms. The molecule has 0 aromatic rings. The lowest BCUT2D eigenvalue weighted by Gasteiger charge is -2.31. The molecular formula is C24H56N8. The molecule has 0 spiro atoms. The minimum Gasteiger partial charge on any atom is -0.330 e. The molecule has 8 heteroatoms. The van der Waals surface area contributed by atoms with Gasteiger partial charge in [-0.3, -0.25) is 0 Å². The van der Waals surface area contributed by atoms with Crippen LogP contribution in [0.1, 0.15) is 77.0 Å². The third kappa shape index (κ3) is 15.5. The highest BCUT2D eigenvalue weighted by Crippen LogP contribution is 2.08. The van der Waals surface area contributed by atoms with Crippen molar-refractivity contribution in [1.82, 2.24) is 21.3 Å². The first-order chi connectivity index (χ1) is 15.7. The highest BCUT2D eigenvalue weighted by atomic mass is 15.1. The summed E-state index contributed by atoms with van der Waals surface area (Å²) in [4.78, 5) is 0. The van der Waals surface area contributed by atoms with Gasteiger partial charge in [-0.25, -0.2) is 0 Å². The minimum absolute atomic E-state index is 0.483. The minimum atomic E-state index is 0.483. The van der Waals surface area contributed by atoms with Gasteiger partial charge >= 0.3 is 0 Å². The van der Waals surface area contributed by atoms with Crippen LogP contribution in [0.3, 0.4) is 0 Å². The van der Waals surface area contributed by atoms with Gasteiger partial charge in [0, 0.05) is 50.3 Å². The van der Waals surface area contributed by atoms with Crippen LogP contribution in [0.2, 0.25) is 0 Å². The quantitative estimate of drug-likeness (QED) is 0.155. The summed E-state index contributed by atoms with van der Waals surface area (Å²) >= 11 is 0. The summed E-state index contributed by atoms with van der Waals surface area (Å²) in [6, 6.07) is 1.93. The molecule has 1 heterocycles. The van der Waals surface area contributed by atoms with Crippen LogP contribution in [0.15, 0.2) is 0 Å². The highest BCUT2D eigenvalue weighted by molar-refractivity contribution is 4.83. The molecule has 0 aromatic heterocycles. The molecule has 1 aliphatic rings. The van der Waals surface area contributed by atoms with E-state index in [0.717, 1.165) is 78.0 Å². The number of nitrogens with two attached hydrogens (primary N) is 4. The Morgan fingerprint density at radius 2 is 0.594 bits per heavy atom. The van der Waals surface area contributed by atoms with Crippen LogP contribution in [0.25, 0.3) is 0 Å². The number of hydrogen-bond donors (Lipinski definition) is 8. The maximum absolute atomic E-state index is 5.74. The lowest BCUT2D eigenvalue weighted by Crippen LogP contribution is -2.54. The zero-order valence-electron chi connectivity index (χ0n) is 20.8. The van der Waals surface area contributed by atoms with Crippen molar-refractivity contribution in [1.29, 1.82) is 0 Å². The Kier molecular flexibility index (Phi) is 19.7. The molecule has 0 unspecified atom stereocenters. The summed E-state index contributed by atoms with van der Waals surface area (Å²) in [6.45, 7) is 7.14. The van der Waals surface area contributed by atoms with Crippen molar-refractivity contribution in [3.8, 4) is 0 Å². The predicted octanol–water partition coefficient (Wildman–Crippen LogP) is 0.349. The van der Waals surface area contributed by atoms with Gasteiger partial charge in [0.25, 0.3) is 0 Å². The Hall–Kier alpha value is -0.320. The lowest BCUT2D eigenvalue weighted by molar-refractivity contribution is 0.313. The summed E-state index contributed by atoms with van der Waals surface area (Å²) < 4.78 is 0. The third-order valence-electron chi connectivity index (χ3n) is 6.64. The first kappa shape index (κ1) is 29.7. The number of nitrogens with one attached hydrogen (secondary N) is 4. The van der Waals surface area contributed by atoms with Crippen LogP contribution in [0, 0.1) is 0 Å². The van der Waals surface area contributed by atoms with Gasteiger partial charge in [-0.05, 0) is 77.5 Å². The first-order valence-electron chi connectivity index (χ1n) is 13.5. The number of hydrogen-bond acceptors (Lipinski definition) is 8. The first-order valence-corrected chi connectivity index (χ1v) is 13.5. The normalized spacial score (nSPS) is 25.9. The third-order valence-corrected chi connectivity index (χ3v) is 6.64. The van der Waals surface area contributed by atoms with Crippen LogP contribution in [-0.2, 0) is 0 Å². The molecule has 0 amide bonds. The number of unbranched alkanes of at least 4 members (excludes halogenated alkanes) is 4. The van der Waals surface area contributed by atoms with E-state index >= 15 is 0 Å². The topological polar surface area (TPSA) is 152 Å². The molecule has 0 radical (unpaired) electrons. The standard InChI is InChI=1S/C24H56N8/c25-13-5-1-9-21-17-30-23(11-3-7-15-27)19-32-24(12-4-8-16-28)20-31-22(18-29-21)10-2-6-14-26/h21-24,29-32H,1-20,25-28H2/t21-,22-,23-,24-/m0/s1. The van der Waals surface area contributed by atoms with E-state index in [9.17, 15) is 0 Å². The smallest absolute Gasteiger partial charge is 0.0193 e. The van der Waals surface area contributed by atoms with Crippen molar-refractivity contribution in [2.75, 3.05) is 52.4 Å². The Bertz CT molecular complexity index is 310. The fourth-order valence-electron chi connectivity index (χ4n) is 4.48. The molecule has 12 N–H and O–H groups in total. The Morgan fingerprint density at radius 1 is 0.375 bits per heavy atom. The van der Waals surface area contributed by atoms with E-state index in [2.05, 4.69) is 21.3 Å². The molecule has 1 fully saturated rings. The molecule has 1 saturated heterocycles. The molecule has 1 rings (SSSR count). The monoisotopic (exact) mass is 456 g/mol. The SMILES string of the molecule is NCCCC[C@H]1CN[C@@H](CCCCN)CN[C@@H](CCCCN)CN[C@@H](CCCCN)CN1. The fraction of sp³-hybridized carbons (Fsp3) is 1.00. The van der Waals surface area contributed by atoms with Crippen LogP contribution in [0.4, 0.5) is 0 Å². The average molecular weight is 457 g/mol.